The molecule has 0 aliphatic heterocycles. The maximum Gasteiger partial charge on any atom is 0.243 e. The SMILES string of the molecule is COc1ccc(CSCC(=O)N(Cc2ccccc2F)[C@H](Cc2ccccc2)C(=O)NC2CCCC2)cc1. The van der Waals surface area contributed by atoms with Crippen LogP contribution in [0.2, 0.25) is 0 Å². The number of carbonyl (C=O) groups is 2. The molecule has 0 bridgehead atoms. The first-order valence-corrected chi connectivity index (χ1v) is 14.3. The van der Waals surface area contributed by atoms with Crippen molar-refractivity contribution in [2.24, 2.45) is 0 Å². The molecule has 1 aliphatic carbocycles. The highest BCUT2D eigenvalue weighted by atomic mass is 32.2. The van der Waals surface area contributed by atoms with Crippen molar-refractivity contribution in [3.63, 3.8) is 0 Å². The monoisotopic (exact) mass is 534 g/mol. The highest BCUT2D eigenvalue weighted by Crippen LogP contribution is 2.22. The van der Waals surface area contributed by atoms with E-state index in [2.05, 4.69) is 5.32 Å². The van der Waals surface area contributed by atoms with E-state index >= 15 is 0 Å². The summed E-state index contributed by atoms with van der Waals surface area (Å²) in [6, 6.07) is 23.3. The largest absolute Gasteiger partial charge is 0.497 e. The predicted molar refractivity (Wildman–Crippen MR) is 150 cm³/mol. The van der Waals surface area contributed by atoms with Crippen LogP contribution in [0.15, 0.2) is 78.9 Å². The molecule has 0 spiro atoms. The third kappa shape index (κ3) is 7.84. The van der Waals surface area contributed by atoms with E-state index in [1.165, 1.54) is 17.8 Å². The topological polar surface area (TPSA) is 58.6 Å². The molecule has 0 heterocycles. The van der Waals surface area contributed by atoms with Gasteiger partial charge in [-0.25, -0.2) is 4.39 Å². The number of hydrogen-bond donors (Lipinski definition) is 1. The van der Waals surface area contributed by atoms with Gasteiger partial charge in [-0.2, -0.15) is 0 Å². The summed E-state index contributed by atoms with van der Waals surface area (Å²) < 4.78 is 19.9. The summed E-state index contributed by atoms with van der Waals surface area (Å²) in [4.78, 5) is 28.9. The van der Waals surface area contributed by atoms with E-state index in [1.807, 2.05) is 54.6 Å². The minimum Gasteiger partial charge on any atom is -0.497 e. The normalized spacial score (nSPS) is 14.2. The molecular weight excluding hydrogens is 499 g/mol. The summed E-state index contributed by atoms with van der Waals surface area (Å²) in [6.07, 6.45) is 4.44. The summed E-state index contributed by atoms with van der Waals surface area (Å²) in [5.41, 5.74) is 2.42. The molecule has 0 saturated heterocycles. The van der Waals surface area contributed by atoms with Crippen molar-refractivity contribution in [3.8, 4) is 5.75 Å². The molecule has 7 heteroatoms. The molecule has 1 atom stereocenters. The number of benzene rings is 3. The predicted octanol–water partition coefficient (Wildman–Crippen LogP) is 5.77. The molecule has 5 nitrogen and oxygen atoms in total. The van der Waals surface area contributed by atoms with Gasteiger partial charge in [0.15, 0.2) is 0 Å². The van der Waals surface area contributed by atoms with Crippen molar-refractivity contribution >= 4 is 23.6 Å². The Morgan fingerprint density at radius 3 is 2.34 bits per heavy atom. The first kappa shape index (κ1) is 27.7. The number of halogens is 1. The molecule has 3 aromatic carbocycles. The van der Waals surface area contributed by atoms with Crippen LogP contribution in [0.4, 0.5) is 4.39 Å². The van der Waals surface area contributed by atoms with E-state index in [0.29, 0.717) is 17.7 Å². The van der Waals surface area contributed by atoms with E-state index in [9.17, 15) is 14.0 Å². The zero-order chi connectivity index (χ0) is 26.7. The number of methoxy groups -OCH3 is 1. The second kappa shape index (κ2) is 14.0. The average Bonchev–Trinajstić information content (AvgIpc) is 3.45. The Morgan fingerprint density at radius 2 is 1.66 bits per heavy atom. The highest BCUT2D eigenvalue weighted by Gasteiger charge is 2.32. The lowest BCUT2D eigenvalue weighted by atomic mass is 10.0. The van der Waals surface area contributed by atoms with Crippen LogP contribution in [-0.4, -0.2) is 41.7 Å². The van der Waals surface area contributed by atoms with Crippen LogP contribution in [0.25, 0.3) is 0 Å². The Hall–Kier alpha value is -3.32. The zero-order valence-electron chi connectivity index (χ0n) is 21.8. The van der Waals surface area contributed by atoms with Gasteiger partial charge in [-0.15, -0.1) is 11.8 Å². The summed E-state index contributed by atoms with van der Waals surface area (Å²) >= 11 is 1.48. The molecule has 2 amide bonds. The first-order valence-electron chi connectivity index (χ1n) is 13.1. The number of carbonyl (C=O) groups excluding carboxylic acids is 2. The Kier molecular flexibility index (Phi) is 10.2. The molecule has 3 aromatic rings. The van der Waals surface area contributed by atoms with Crippen LogP contribution in [0.5, 0.6) is 5.75 Å². The van der Waals surface area contributed by atoms with Crippen molar-refractivity contribution in [2.75, 3.05) is 12.9 Å². The number of nitrogens with zero attached hydrogens (tertiary/aromatic N) is 1. The summed E-state index contributed by atoms with van der Waals surface area (Å²) in [5, 5.41) is 3.18. The molecule has 4 rings (SSSR count). The molecule has 0 aromatic heterocycles. The van der Waals surface area contributed by atoms with Crippen LogP contribution < -0.4 is 10.1 Å². The van der Waals surface area contributed by atoms with Crippen LogP contribution in [0, 0.1) is 5.82 Å². The highest BCUT2D eigenvalue weighted by molar-refractivity contribution is 7.99. The van der Waals surface area contributed by atoms with Gasteiger partial charge in [0.05, 0.1) is 12.9 Å². The number of amides is 2. The second-order valence-electron chi connectivity index (χ2n) is 9.65. The number of hydrogen-bond acceptors (Lipinski definition) is 4. The van der Waals surface area contributed by atoms with Crippen molar-refractivity contribution in [1.82, 2.24) is 10.2 Å². The Morgan fingerprint density at radius 1 is 0.974 bits per heavy atom. The standard InChI is InChI=1S/C31H35FN2O3S/c1-37-27-17-15-24(16-18-27)21-38-22-30(35)34(20-25-11-5-8-14-28(25)32)29(19-23-9-3-2-4-10-23)31(36)33-26-12-6-7-13-26/h2-5,8-11,14-18,26,29H,6-7,12-13,19-22H2,1H3,(H,33,36)/t29-/m1/s1. The van der Waals surface area contributed by atoms with E-state index in [0.717, 1.165) is 42.6 Å². The Bertz CT molecular complexity index is 1180. The van der Waals surface area contributed by atoms with Crippen molar-refractivity contribution in [2.45, 2.75) is 56.5 Å². The van der Waals surface area contributed by atoms with Gasteiger partial charge in [0, 0.05) is 30.3 Å². The quantitative estimate of drug-likeness (QED) is 0.321. The minimum absolute atomic E-state index is 0.0319. The maximum absolute atomic E-state index is 14.7. The van der Waals surface area contributed by atoms with Gasteiger partial charge in [-0.3, -0.25) is 9.59 Å². The first-order chi connectivity index (χ1) is 18.5. The van der Waals surface area contributed by atoms with Crippen LogP contribution in [0.1, 0.15) is 42.4 Å². The van der Waals surface area contributed by atoms with Crippen LogP contribution in [-0.2, 0) is 28.3 Å². The summed E-state index contributed by atoms with van der Waals surface area (Å²) in [5.74, 6) is 0.859. The average molecular weight is 535 g/mol. The van der Waals surface area contributed by atoms with E-state index < -0.39 is 6.04 Å². The summed E-state index contributed by atoms with van der Waals surface area (Å²) in [6.45, 7) is 0.0319. The summed E-state index contributed by atoms with van der Waals surface area (Å²) in [7, 11) is 1.63. The number of nitrogens with one attached hydrogen (secondary N) is 1. The zero-order valence-corrected chi connectivity index (χ0v) is 22.6. The van der Waals surface area contributed by atoms with Gasteiger partial charge in [0.2, 0.25) is 11.8 Å². The van der Waals surface area contributed by atoms with Crippen LogP contribution >= 0.6 is 11.8 Å². The van der Waals surface area contributed by atoms with E-state index in [4.69, 9.17) is 4.74 Å². The molecule has 38 heavy (non-hydrogen) atoms. The number of rotatable bonds is 12. The molecule has 0 radical (unpaired) electrons. The fourth-order valence-corrected chi connectivity index (χ4v) is 5.66. The Balaban J connectivity index is 1.55. The van der Waals surface area contributed by atoms with Gasteiger partial charge in [0.25, 0.3) is 0 Å². The van der Waals surface area contributed by atoms with E-state index in [-0.39, 0.29) is 36.0 Å². The molecule has 1 fully saturated rings. The van der Waals surface area contributed by atoms with Crippen molar-refractivity contribution in [1.29, 1.82) is 0 Å². The van der Waals surface area contributed by atoms with E-state index in [1.54, 1.807) is 30.2 Å². The van der Waals surface area contributed by atoms with Gasteiger partial charge >= 0.3 is 0 Å². The second-order valence-corrected chi connectivity index (χ2v) is 10.6. The third-order valence-electron chi connectivity index (χ3n) is 6.92. The fourth-order valence-electron chi connectivity index (χ4n) is 4.79. The molecule has 1 saturated carbocycles. The molecule has 200 valence electrons. The molecule has 0 unspecified atom stereocenters. The lowest BCUT2D eigenvalue weighted by Gasteiger charge is -2.32. The maximum atomic E-state index is 14.7. The van der Waals surface area contributed by atoms with Crippen LogP contribution in [0.3, 0.4) is 0 Å². The minimum atomic E-state index is -0.744. The lowest BCUT2D eigenvalue weighted by Crippen LogP contribution is -2.52. The third-order valence-corrected chi connectivity index (χ3v) is 7.91. The van der Waals surface area contributed by atoms with Gasteiger partial charge in [-0.1, -0.05) is 73.5 Å². The van der Waals surface area contributed by atoms with Gasteiger partial charge in [-0.05, 0) is 42.2 Å². The fraction of sp³-hybridized carbons (Fsp3) is 0.355. The molecular formula is C31H35FN2O3S. The van der Waals surface area contributed by atoms with Crippen molar-refractivity contribution < 1.29 is 18.7 Å². The molecule has 1 N–H and O–H groups in total. The van der Waals surface area contributed by atoms with Gasteiger partial charge in [0.1, 0.15) is 17.6 Å². The smallest absolute Gasteiger partial charge is 0.243 e. The number of ether oxygens (including phenoxy) is 1. The molecule has 1 aliphatic rings. The van der Waals surface area contributed by atoms with Gasteiger partial charge < -0.3 is 15.0 Å². The Labute approximate surface area is 228 Å². The lowest BCUT2D eigenvalue weighted by molar-refractivity contribution is -0.139. The number of thioether (sulfide) groups is 1. The van der Waals surface area contributed by atoms with Crippen molar-refractivity contribution in [3.05, 3.63) is 101 Å².